The molecule has 10 heteroatoms. The van der Waals surface area contributed by atoms with Crippen LogP contribution < -0.4 is 21.7 Å². The van der Waals surface area contributed by atoms with Crippen LogP contribution in [0.3, 0.4) is 0 Å². The Labute approximate surface area is 219 Å². The quantitative estimate of drug-likeness (QED) is 0.219. The maximum Gasteiger partial charge on any atom is 0.312 e. The van der Waals surface area contributed by atoms with Gasteiger partial charge in [0.2, 0.25) is 11.8 Å². The van der Waals surface area contributed by atoms with E-state index < -0.39 is 23.4 Å². The molecule has 1 aromatic rings. The number of Topliss-reactive ketones (excluding diaryl/α,β-unsaturated/α-hetero) is 1. The van der Waals surface area contributed by atoms with Crippen molar-refractivity contribution in [2.75, 3.05) is 11.9 Å². The van der Waals surface area contributed by atoms with Crippen LogP contribution >= 0.6 is 0 Å². The molecular weight excluding hydrogens is 476 g/mol. The van der Waals surface area contributed by atoms with Gasteiger partial charge in [0.1, 0.15) is 6.61 Å². The fraction of sp³-hybridized carbons (Fsp3) is 0.593. The Morgan fingerprint density at radius 2 is 1.65 bits per heavy atom. The summed E-state index contributed by atoms with van der Waals surface area (Å²) in [6, 6.07) is 5.54. The van der Waals surface area contributed by atoms with Crippen molar-refractivity contribution in [2.45, 2.75) is 79.9 Å². The molecule has 5 N–H and O–H groups in total. The minimum absolute atomic E-state index is 0.0594. The minimum atomic E-state index is -0.693. The number of rotatable bonds is 14. The second-order valence-corrected chi connectivity index (χ2v) is 10.5. The molecule has 0 saturated carbocycles. The summed E-state index contributed by atoms with van der Waals surface area (Å²) in [5.41, 5.74) is 5.81. The second-order valence-electron chi connectivity index (χ2n) is 10.5. The molecule has 0 spiro atoms. The van der Waals surface area contributed by atoms with E-state index in [9.17, 15) is 24.0 Å². The summed E-state index contributed by atoms with van der Waals surface area (Å²) in [5, 5.41) is 8.07. The zero-order valence-corrected chi connectivity index (χ0v) is 22.8. The van der Waals surface area contributed by atoms with Crippen LogP contribution in [0.4, 0.5) is 10.5 Å². The number of carbonyl (C=O) groups excluding carboxylic acids is 5. The molecule has 0 aliphatic rings. The number of ether oxygens (including phenoxy) is 1. The summed E-state index contributed by atoms with van der Waals surface area (Å²) in [6.07, 6.45) is 0.978. The first-order chi connectivity index (χ1) is 17.2. The first-order valence-corrected chi connectivity index (χ1v) is 12.7. The highest BCUT2D eigenvalue weighted by Gasteiger charge is 2.29. The molecule has 0 aliphatic heterocycles. The van der Waals surface area contributed by atoms with Crippen LogP contribution in [-0.4, -0.2) is 42.2 Å². The molecule has 0 saturated heterocycles. The zero-order chi connectivity index (χ0) is 28.2. The molecule has 4 amide bonds. The van der Waals surface area contributed by atoms with E-state index in [1.54, 1.807) is 52.0 Å². The molecule has 206 valence electrons. The fourth-order valence-electron chi connectivity index (χ4n) is 3.44. The Morgan fingerprint density at radius 1 is 1.03 bits per heavy atom. The summed E-state index contributed by atoms with van der Waals surface area (Å²) in [6.45, 7) is 11.1. The largest absolute Gasteiger partial charge is 0.460 e. The van der Waals surface area contributed by atoms with Crippen LogP contribution in [0.15, 0.2) is 24.3 Å². The second kappa shape index (κ2) is 15.0. The van der Waals surface area contributed by atoms with E-state index >= 15 is 0 Å². The lowest BCUT2D eigenvalue weighted by Gasteiger charge is -2.24. The van der Waals surface area contributed by atoms with Gasteiger partial charge in [-0.15, -0.1) is 0 Å². The number of ketones is 1. The van der Waals surface area contributed by atoms with Crippen LogP contribution in [0.5, 0.6) is 0 Å². The number of carbonyl (C=O) groups is 5. The Balaban J connectivity index is 2.89. The van der Waals surface area contributed by atoms with Crippen molar-refractivity contribution in [2.24, 2.45) is 23.0 Å². The summed E-state index contributed by atoms with van der Waals surface area (Å²) in [5.74, 6) is -1.91. The van der Waals surface area contributed by atoms with E-state index in [4.69, 9.17) is 10.5 Å². The molecule has 37 heavy (non-hydrogen) atoms. The summed E-state index contributed by atoms with van der Waals surface area (Å²) >= 11 is 0. The van der Waals surface area contributed by atoms with Crippen molar-refractivity contribution in [1.82, 2.24) is 10.6 Å². The van der Waals surface area contributed by atoms with Gasteiger partial charge in [0, 0.05) is 31.0 Å². The molecule has 0 fully saturated rings. The standard InChI is InChI=1S/C27H42N4O6/c1-7-22(33)31-23(17(2)3)21(32)15-19(9-8-14-29-26(28)36)24(34)30-20-12-10-18(11-13-20)16-37-25(35)27(4,5)6/h10-13,17,19,23H,7-9,14-16H2,1-6H3,(H,30,34)(H,31,33)(H3,28,29,36). The Kier molecular flexibility index (Phi) is 12.8. The molecule has 0 aliphatic carbocycles. The van der Waals surface area contributed by atoms with Gasteiger partial charge < -0.3 is 26.4 Å². The maximum atomic E-state index is 13.1. The van der Waals surface area contributed by atoms with Gasteiger partial charge in [0.25, 0.3) is 0 Å². The lowest BCUT2D eigenvalue weighted by Crippen LogP contribution is -2.45. The number of nitrogens with one attached hydrogen (secondary N) is 3. The molecule has 1 aromatic carbocycles. The zero-order valence-electron chi connectivity index (χ0n) is 22.8. The van der Waals surface area contributed by atoms with Crippen molar-refractivity contribution >= 4 is 35.3 Å². The predicted octanol–water partition coefficient (Wildman–Crippen LogP) is 3.29. The van der Waals surface area contributed by atoms with Crippen molar-refractivity contribution in [1.29, 1.82) is 0 Å². The highest BCUT2D eigenvalue weighted by atomic mass is 16.5. The number of anilines is 1. The molecule has 10 nitrogen and oxygen atoms in total. The van der Waals surface area contributed by atoms with E-state index in [-0.39, 0.29) is 55.5 Å². The number of amides is 4. The lowest BCUT2D eigenvalue weighted by atomic mass is 9.89. The predicted molar refractivity (Wildman–Crippen MR) is 141 cm³/mol. The number of hydrogen-bond acceptors (Lipinski definition) is 6. The number of esters is 1. The van der Waals surface area contributed by atoms with Gasteiger partial charge in [-0.25, -0.2) is 4.79 Å². The molecule has 0 aromatic heterocycles. The Hall–Kier alpha value is -3.43. The monoisotopic (exact) mass is 518 g/mol. The fourth-order valence-corrected chi connectivity index (χ4v) is 3.44. The first-order valence-electron chi connectivity index (χ1n) is 12.7. The van der Waals surface area contributed by atoms with E-state index in [0.717, 1.165) is 5.56 Å². The first kappa shape index (κ1) is 31.6. The van der Waals surface area contributed by atoms with Gasteiger partial charge in [-0.3, -0.25) is 19.2 Å². The molecule has 0 radical (unpaired) electrons. The number of urea groups is 1. The van der Waals surface area contributed by atoms with Gasteiger partial charge in [-0.05, 0) is 57.2 Å². The lowest BCUT2D eigenvalue weighted by molar-refractivity contribution is -0.154. The highest BCUT2D eigenvalue weighted by Crippen LogP contribution is 2.20. The molecule has 0 bridgehead atoms. The van der Waals surface area contributed by atoms with Crippen LogP contribution in [0.1, 0.15) is 72.8 Å². The highest BCUT2D eigenvalue weighted by molar-refractivity contribution is 5.97. The van der Waals surface area contributed by atoms with Crippen LogP contribution in [0, 0.1) is 17.3 Å². The third-order valence-electron chi connectivity index (χ3n) is 5.70. The van der Waals surface area contributed by atoms with Gasteiger partial charge in [0.15, 0.2) is 5.78 Å². The Morgan fingerprint density at radius 3 is 2.16 bits per heavy atom. The van der Waals surface area contributed by atoms with Crippen molar-refractivity contribution in [3.05, 3.63) is 29.8 Å². The number of hydrogen-bond donors (Lipinski definition) is 4. The third kappa shape index (κ3) is 11.9. The van der Waals surface area contributed by atoms with Gasteiger partial charge in [-0.1, -0.05) is 32.9 Å². The van der Waals surface area contributed by atoms with Crippen LogP contribution in [0.25, 0.3) is 0 Å². The molecule has 1 rings (SSSR count). The topological polar surface area (TPSA) is 157 Å². The molecule has 2 unspecified atom stereocenters. The van der Waals surface area contributed by atoms with Crippen molar-refractivity contribution in [3.8, 4) is 0 Å². The van der Waals surface area contributed by atoms with E-state index in [1.807, 2.05) is 13.8 Å². The number of benzene rings is 1. The number of nitrogens with two attached hydrogens (primary N) is 1. The van der Waals surface area contributed by atoms with Crippen LogP contribution in [-0.2, 0) is 30.5 Å². The van der Waals surface area contributed by atoms with Crippen molar-refractivity contribution < 1.29 is 28.7 Å². The summed E-state index contributed by atoms with van der Waals surface area (Å²) in [4.78, 5) is 61.0. The smallest absolute Gasteiger partial charge is 0.312 e. The van der Waals surface area contributed by atoms with E-state index in [1.165, 1.54) is 0 Å². The van der Waals surface area contributed by atoms with Gasteiger partial charge in [0.05, 0.1) is 11.5 Å². The SMILES string of the molecule is CCC(=O)NC(C(=O)CC(CCCNC(N)=O)C(=O)Nc1ccc(COC(=O)C(C)(C)C)cc1)C(C)C. The maximum absolute atomic E-state index is 13.1. The average Bonchev–Trinajstić information content (AvgIpc) is 2.82. The minimum Gasteiger partial charge on any atom is -0.460 e. The third-order valence-corrected chi connectivity index (χ3v) is 5.70. The normalized spacial score (nSPS) is 12.8. The molecular formula is C27H42N4O6. The summed E-state index contributed by atoms with van der Waals surface area (Å²) in [7, 11) is 0. The van der Waals surface area contributed by atoms with E-state index in [0.29, 0.717) is 18.5 Å². The number of primary amides is 1. The van der Waals surface area contributed by atoms with Crippen molar-refractivity contribution in [3.63, 3.8) is 0 Å². The Bertz CT molecular complexity index is 937. The average molecular weight is 519 g/mol. The molecule has 0 heterocycles. The molecule has 2 atom stereocenters. The van der Waals surface area contributed by atoms with Gasteiger partial charge >= 0.3 is 12.0 Å². The van der Waals surface area contributed by atoms with Gasteiger partial charge in [-0.2, -0.15) is 0 Å². The summed E-state index contributed by atoms with van der Waals surface area (Å²) < 4.78 is 5.31. The van der Waals surface area contributed by atoms with E-state index in [2.05, 4.69) is 16.0 Å². The van der Waals surface area contributed by atoms with Crippen LogP contribution in [0.2, 0.25) is 0 Å².